The van der Waals surface area contributed by atoms with Crippen molar-refractivity contribution in [3.63, 3.8) is 0 Å². The average Bonchev–Trinajstić information content (AvgIpc) is 2.94. The van der Waals surface area contributed by atoms with E-state index in [4.69, 9.17) is 4.74 Å². The van der Waals surface area contributed by atoms with Crippen molar-refractivity contribution in [1.82, 2.24) is 5.32 Å². The van der Waals surface area contributed by atoms with Crippen LogP contribution >= 0.6 is 0 Å². The molecule has 0 spiro atoms. The van der Waals surface area contributed by atoms with Crippen molar-refractivity contribution < 1.29 is 4.74 Å². The fraction of sp³-hybridized carbons (Fsp3) is 1.00. The molecule has 2 rings (SSSR count). The normalized spacial score (nSPS) is 36.8. The Hall–Kier alpha value is -0.0800. The van der Waals surface area contributed by atoms with Crippen LogP contribution in [-0.2, 0) is 4.74 Å². The zero-order chi connectivity index (χ0) is 10.7. The van der Waals surface area contributed by atoms with Gasteiger partial charge in [0.2, 0.25) is 0 Å². The molecule has 0 bridgehead atoms. The lowest BCUT2D eigenvalue weighted by molar-refractivity contribution is -0.0420. The smallest absolute Gasteiger partial charge is 0.0565 e. The van der Waals surface area contributed by atoms with Gasteiger partial charge in [-0.05, 0) is 52.0 Å². The first-order valence-electron chi connectivity index (χ1n) is 6.63. The predicted octanol–water partition coefficient (Wildman–Crippen LogP) is 2.72. The van der Waals surface area contributed by atoms with E-state index in [2.05, 4.69) is 19.2 Å². The Morgan fingerprint density at radius 2 is 1.80 bits per heavy atom. The third-order valence-corrected chi connectivity index (χ3v) is 3.62. The van der Waals surface area contributed by atoms with Crippen LogP contribution in [0.15, 0.2) is 0 Å². The highest BCUT2D eigenvalue weighted by Gasteiger charge is 2.24. The maximum atomic E-state index is 5.73. The van der Waals surface area contributed by atoms with Gasteiger partial charge >= 0.3 is 0 Å². The molecule has 0 amide bonds. The molecule has 0 radical (unpaired) electrons. The molecular weight excluding hydrogens is 186 g/mol. The quantitative estimate of drug-likeness (QED) is 0.706. The monoisotopic (exact) mass is 211 g/mol. The molecule has 0 aromatic carbocycles. The van der Waals surface area contributed by atoms with Gasteiger partial charge in [-0.3, -0.25) is 0 Å². The number of ether oxygens (including phenoxy) is 1. The van der Waals surface area contributed by atoms with Crippen LogP contribution in [0.4, 0.5) is 0 Å². The summed E-state index contributed by atoms with van der Waals surface area (Å²) in [7, 11) is 0. The summed E-state index contributed by atoms with van der Waals surface area (Å²) in [5.41, 5.74) is 0. The molecule has 2 aliphatic rings. The van der Waals surface area contributed by atoms with Gasteiger partial charge in [-0.25, -0.2) is 0 Å². The highest BCUT2D eigenvalue weighted by atomic mass is 16.5. The number of rotatable bonds is 5. The van der Waals surface area contributed by atoms with Crippen LogP contribution in [-0.4, -0.2) is 24.8 Å². The fourth-order valence-corrected chi connectivity index (χ4v) is 2.68. The van der Waals surface area contributed by atoms with Gasteiger partial charge in [-0.1, -0.05) is 12.8 Å². The van der Waals surface area contributed by atoms with E-state index < -0.39 is 0 Å². The molecule has 2 atom stereocenters. The maximum absolute atomic E-state index is 5.73. The van der Waals surface area contributed by atoms with E-state index in [0.29, 0.717) is 18.2 Å². The summed E-state index contributed by atoms with van der Waals surface area (Å²) < 4.78 is 5.73. The van der Waals surface area contributed by atoms with Crippen molar-refractivity contribution in [1.29, 1.82) is 0 Å². The topological polar surface area (TPSA) is 21.3 Å². The first-order chi connectivity index (χ1) is 7.24. The van der Waals surface area contributed by atoms with Crippen molar-refractivity contribution in [2.75, 3.05) is 6.54 Å². The van der Waals surface area contributed by atoms with Crippen LogP contribution in [0, 0.1) is 5.92 Å². The lowest BCUT2D eigenvalue weighted by Crippen LogP contribution is -2.41. The van der Waals surface area contributed by atoms with E-state index in [1.54, 1.807) is 0 Å². The van der Waals surface area contributed by atoms with Crippen LogP contribution < -0.4 is 5.32 Å². The maximum Gasteiger partial charge on any atom is 0.0565 e. The lowest BCUT2D eigenvalue weighted by Gasteiger charge is -2.32. The van der Waals surface area contributed by atoms with Crippen LogP contribution in [0.5, 0.6) is 0 Å². The van der Waals surface area contributed by atoms with E-state index in [-0.39, 0.29) is 0 Å². The van der Waals surface area contributed by atoms with Crippen LogP contribution in [0.25, 0.3) is 0 Å². The Balaban J connectivity index is 1.56. The van der Waals surface area contributed by atoms with Crippen LogP contribution in [0.1, 0.15) is 52.4 Å². The molecule has 2 nitrogen and oxygen atoms in total. The summed E-state index contributed by atoms with van der Waals surface area (Å²) >= 11 is 0. The van der Waals surface area contributed by atoms with Gasteiger partial charge in [0.25, 0.3) is 0 Å². The molecule has 0 aromatic heterocycles. The third-order valence-electron chi connectivity index (χ3n) is 3.62. The van der Waals surface area contributed by atoms with Crippen molar-refractivity contribution in [3.8, 4) is 0 Å². The van der Waals surface area contributed by atoms with Crippen molar-refractivity contribution in [2.45, 2.75) is 70.6 Å². The summed E-state index contributed by atoms with van der Waals surface area (Å²) in [5, 5.41) is 3.69. The highest BCUT2D eigenvalue weighted by Crippen LogP contribution is 2.33. The first-order valence-corrected chi connectivity index (χ1v) is 6.63. The van der Waals surface area contributed by atoms with Gasteiger partial charge in [-0.15, -0.1) is 0 Å². The molecule has 1 N–H and O–H groups in total. The second-order valence-corrected chi connectivity index (χ2v) is 5.47. The minimum Gasteiger partial charge on any atom is -0.375 e. The fourth-order valence-electron chi connectivity index (χ4n) is 2.68. The van der Waals surface area contributed by atoms with Crippen LogP contribution in [0.2, 0.25) is 0 Å². The molecule has 88 valence electrons. The van der Waals surface area contributed by atoms with Crippen molar-refractivity contribution >= 4 is 0 Å². The number of hydrogen-bond acceptors (Lipinski definition) is 2. The number of nitrogens with one attached hydrogen (secondary N) is 1. The Kier molecular flexibility index (Phi) is 4.04. The molecule has 1 saturated heterocycles. The summed E-state index contributed by atoms with van der Waals surface area (Å²) in [5.74, 6) is 1.08. The Bertz CT molecular complexity index is 181. The molecular formula is C13H25NO. The summed E-state index contributed by atoms with van der Waals surface area (Å²) in [4.78, 5) is 0. The molecule has 2 fully saturated rings. The first kappa shape index (κ1) is 11.4. The molecule has 0 aromatic rings. The third kappa shape index (κ3) is 4.12. The zero-order valence-corrected chi connectivity index (χ0v) is 10.2. The highest BCUT2D eigenvalue weighted by molar-refractivity contribution is 4.79. The van der Waals surface area contributed by atoms with E-state index >= 15 is 0 Å². The van der Waals surface area contributed by atoms with Crippen molar-refractivity contribution in [3.05, 3.63) is 0 Å². The standard InChI is InChI=1S/C13H25NO/c1-10-8-13(9-11(2)15-10)14-7-3-4-12-5-6-12/h10-14H,3-9H2,1-2H3. The molecule has 15 heavy (non-hydrogen) atoms. The second kappa shape index (κ2) is 5.31. The van der Waals surface area contributed by atoms with Crippen molar-refractivity contribution in [2.24, 2.45) is 5.92 Å². The SMILES string of the molecule is CC1CC(NCCCC2CC2)CC(C)O1. The molecule has 2 heteroatoms. The lowest BCUT2D eigenvalue weighted by atomic mass is 10.00. The Labute approximate surface area is 93.8 Å². The van der Waals surface area contributed by atoms with Gasteiger partial charge < -0.3 is 10.1 Å². The molecule has 1 aliphatic heterocycles. The minimum absolute atomic E-state index is 0.440. The molecule has 1 saturated carbocycles. The molecule has 1 heterocycles. The zero-order valence-electron chi connectivity index (χ0n) is 10.2. The Morgan fingerprint density at radius 3 is 2.40 bits per heavy atom. The van der Waals surface area contributed by atoms with Gasteiger partial charge in [-0.2, -0.15) is 0 Å². The molecule has 1 aliphatic carbocycles. The van der Waals surface area contributed by atoms with E-state index in [9.17, 15) is 0 Å². The summed E-state index contributed by atoms with van der Waals surface area (Å²) in [6.45, 7) is 5.59. The van der Waals surface area contributed by atoms with E-state index in [1.807, 2.05) is 0 Å². The molecule has 2 unspecified atom stereocenters. The Morgan fingerprint density at radius 1 is 1.13 bits per heavy atom. The average molecular weight is 211 g/mol. The second-order valence-electron chi connectivity index (χ2n) is 5.47. The van der Waals surface area contributed by atoms with Gasteiger partial charge in [0, 0.05) is 6.04 Å². The van der Waals surface area contributed by atoms with Crippen LogP contribution in [0.3, 0.4) is 0 Å². The van der Waals surface area contributed by atoms with E-state index in [0.717, 1.165) is 5.92 Å². The largest absolute Gasteiger partial charge is 0.375 e. The predicted molar refractivity (Wildman–Crippen MR) is 63.0 cm³/mol. The minimum atomic E-state index is 0.440. The number of hydrogen-bond donors (Lipinski definition) is 1. The van der Waals surface area contributed by atoms with Gasteiger partial charge in [0.15, 0.2) is 0 Å². The summed E-state index contributed by atoms with van der Waals surface area (Å²) in [6.07, 6.45) is 9.05. The van der Waals surface area contributed by atoms with Gasteiger partial charge in [0.05, 0.1) is 12.2 Å². The van der Waals surface area contributed by atoms with E-state index in [1.165, 1.54) is 45.1 Å². The van der Waals surface area contributed by atoms with Gasteiger partial charge in [0.1, 0.15) is 0 Å². The summed E-state index contributed by atoms with van der Waals surface area (Å²) in [6, 6.07) is 0.697.